The monoisotopic (exact) mass is 309 g/mol. The van der Waals surface area contributed by atoms with Gasteiger partial charge in [0.15, 0.2) is 0 Å². The zero-order valence-corrected chi connectivity index (χ0v) is 12.5. The Morgan fingerprint density at radius 2 is 2.13 bits per heavy atom. The van der Waals surface area contributed by atoms with E-state index >= 15 is 0 Å². The molecule has 0 radical (unpaired) electrons. The van der Waals surface area contributed by atoms with Gasteiger partial charge >= 0.3 is 5.69 Å². The lowest BCUT2D eigenvalue weighted by molar-refractivity contribution is 0.0945. The second kappa shape index (κ2) is 6.31. The highest BCUT2D eigenvalue weighted by molar-refractivity contribution is 5.92. The maximum atomic E-state index is 12.2. The van der Waals surface area contributed by atoms with Crippen LogP contribution >= 0.6 is 0 Å². The van der Waals surface area contributed by atoms with Crippen molar-refractivity contribution in [1.29, 1.82) is 0 Å². The lowest BCUT2D eigenvalue weighted by atomic mass is 10.1. The van der Waals surface area contributed by atoms with Gasteiger partial charge in [0.05, 0.1) is 12.0 Å². The topological polar surface area (TPSA) is 88.0 Å². The van der Waals surface area contributed by atoms with Crippen LogP contribution in [0.3, 0.4) is 0 Å². The van der Waals surface area contributed by atoms with Gasteiger partial charge in [0.2, 0.25) is 0 Å². The average Bonchev–Trinajstić information content (AvgIpc) is 3.06. The molecule has 2 N–H and O–H groups in total. The first kappa shape index (κ1) is 14.8. The molecule has 1 aromatic carbocycles. The zero-order chi connectivity index (χ0) is 16.2. The molecule has 0 aliphatic rings. The van der Waals surface area contributed by atoms with E-state index in [1.807, 2.05) is 31.2 Å². The summed E-state index contributed by atoms with van der Waals surface area (Å²) in [6, 6.07) is 12.7. The van der Waals surface area contributed by atoms with Crippen LogP contribution in [-0.4, -0.2) is 15.9 Å². The van der Waals surface area contributed by atoms with Crippen LogP contribution in [0.5, 0.6) is 0 Å². The van der Waals surface area contributed by atoms with Gasteiger partial charge in [-0.15, -0.1) is 0 Å². The van der Waals surface area contributed by atoms with E-state index in [2.05, 4.69) is 15.3 Å². The van der Waals surface area contributed by atoms with Crippen LogP contribution in [0.2, 0.25) is 0 Å². The Bertz CT molecular complexity index is 882. The number of rotatable bonds is 4. The minimum absolute atomic E-state index is 0.0489. The van der Waals surface area contributed by atoms with E-state index < -0.39 is 11.6 Å². The molecule has 3 aromatic rings. The van der Waals surface area contributed by atoms with Crippen LogP contribution in [0.4, 0.5) is 0 Å². The molecular weight excluding hydrogens is 294 g/mol. The predicted molar refractivity (Wildman–Crippen MR) is 84.9 cm³/mol. The third-order valence-corrected chi connectivity index (χ3v) is 3.30. The van der Waals surface area contributed by atoms with E-state index in [4.69, 9.17) is 4.42 Å². The molecule has 0 unspecified atom stereocenters. The van der Waals surface area contributed by atoms with Gasteiger partial charge in [-0.2, -0.15) is 4.98 Å². The molecule has 2 heterocycles. The summed E-state index contributed by atoms with van der Waals surface area (Å²) in [5.41, 5.74) is 1.96. The fourth-order valence-electron chi connectivity index (χ4n) is 2.23. The number of amides is 1. The van der Waals surface area contributed by atoms with Gasteiger partial charge < -0.3 is 14.7 Å². The minimum atomic E-state index is -0.598. The highest BCUT2D eigenvalue weighted by atomic mass is 16.3. The van der Waals surface area contributed by atoms with E-state index in [1.165, 1.54) is 12.3 Å². The summed E-state index contributed by atoms with van der Waals surface area (Å²) in [7, 11) is 0. The zero-order valence-electron chi connectivity index (χ0n) is 12.5. The molecule has 23 heavy (non-hydrogen) atoms. The number of nitrogens with zero attached hydrogens (tertiary/aromatic N) is 1. The largest absolute Gasteiger partial charge is 0.463 e. The molecule has 6 heteroatoms. The Morgan fingerprint density at radius 1 is 1.26 bits per heavy atom. The number of benzene rings is 1. The van der Waals surface area contributed by atoms with E-state index in [-0.39, 0.29) is 5.69 Å². The Kier molecular flexibility index (Phi) is 4.05. The van der Waals surface area contributed by atoms with Crippen LogP contribution < -0.4 is 11.0 Å². The Labute approximate surface area is 132 Å². The summed E-state index contributed by atoms with van der Waals surface area (Å²) >= 11 is 0. The molecule has 3 rings (SSSR count). The highest BCUT2D eigenvalue weighted by Crippen LogP contribution is 2.16. The van der Waals surface area contributed by atoms with Gasteiger partial charge in [-0.3, -0.25) is 4.79 Å². The molecule has 0 saturated carbocycles. The maximum Gasteiger partial charge on any atom is 0.346 e. The number of hydrogen-bond donors (Lipinski definition) is 2. The third kappa shape index (κ3) is 3.55. The first-order chi connectivity index (χ1) is 11.1. The Hall–Kier alpha value is -3.15. The summed E-state index contributed by atoms with van der Waals surface area (Å²) in [6.07, 6.45) is 1.49. The number of carbonyl (C=O) groups is 1. The first-order valence-corrected chi connectivity index (χ1v) is 7.11. The smallest absolute Gasteiger partial charge is 0.346 e. The summed E-state index contributed by atoms with van der Waals surface area (Å²) in [4.78, 5) is 30.1. The molecular formula is C17H15N3O3. The number of aromatic nitrogens is 2. The molecule has 1 amide bonds. The number of aryl methyl sites for hydroxylation is 1. The van der Waals surface area contributed by atoms with Gasteiger partial charge in [-0.05, 0) is 30.7 Å². The molecule has 0 bridgehead atoms. The van der Waals surface area contributed by atoms with Crippen LogP contribution in [0.15, 0.2) is 57.9 Å². The van der Waals surface area contributed by atoms with Crippen molar-refractivity contribution in [2.45, 2.75) is 13.5 Å². The lowest BCUT2D eigenvalue weighted by Crippen LogP contribution is -2.27. The number of carbonyl (C=O) groups excluding carboxylic acids is 1. The molecule has 0 fully saturated rings. The van der Waals surface area contributed by atoms with Crippen molar-refractivity contribution in [2.24, 2.45) is 0 Å². The normalized spacial score (nSPS) is 10.5. The van der Waals surface area contributed by atoms with Crippen molar-refractivity contribution in [3.05, 3.63) is 76.0 Å². The number of H-pyrrole nitrogens is 1. The van der Waals surface area contributed by atoms with Crippen LogP contribution in [0, 0.1) is 6.92 Å². The van der Waals surface area contributed by atoms with Crippen molar-refractivity contribution in [3.63, 3.8) is 0 Å². The second-order valence-corrected chi connectivity index (χ2v) is 5.13. The van der Waals surface area contributed by atoms with Crippen molar-refractivity contribution < 1.29 is 9.21 Å². The van der Waals surface area contributed by atoms with Gasteiger partial charge in [0.25, 0.3) is 5.91 Å². The number of aromatic amines is 1. The first-order valence-electron chi connectivity index (χ1n) is 7.11. The van der Waals surface area contributed by atoms with Crippen molar-refractivity contribution in [3.8, 4) is 11.5 Å². The van der Waals surface area contributed by atoms with Crippen molar-refractivity contribution in [2.75, 3.05) is 0 Å². The minimum Gasteiger partial charge on any atom is -0.463 e. The number of hydrogen-bond acceptors (Lipinski definition) is 4. The summed E-state index contributed by atoms with van der Waals surface area (Å²) < 4.78 is 5.22. The second-order valence-electron chi connectivity index (χ2n) is 5.13. The summed E-state index contributed by atoms with van der Waals surface area (Å²) in [5.74, 6) is 0.0580. The molecule has 0 aliphatic carbocycles. The summed E-state index contributed by atoms with van der Waals surface area (Å²) in [5, 5.41) is 2.76. The molecule has 2 aromatic heterocycles. The molecule has 0 atom stereocenters. The predicted octanol–water partition coefficient (Wildman–Crippen LogP) is 2.27. The quantitative estimate of drug-likeness (QED) is 0.774. The van der Waals surface area contributed by atoms with Crippen molar-refractivity contribution in [1.82, 2.24) is 15.3 Å². The number of furan rings is 1. The van der Waals surface area contributed by atoms with E-state index in [0.717, 1.165) is 11.1 Å². The van der Waals surface area contributed by atoms with Gasteiger partial charge in [-0.1, -0.05) is 29.8 Å². The van der Waals surface area contributed by atoms with Gasteiger partial charge in [-0.25, -0.2) is 4.79 Å². The average molecular weight is 309 g/mol. The molecule has 0 aliphatic heterocycles. The lowest BCUT2D eigenvalue weighted by Gasteiger charge is -2.06. The van der Waals surface area contributed by atoms with Crippen molar-refractivity contribution >= 4 is 5.91 Å². The molecule has 0 saturated heterocycles. The van der Waals surface area contributed by atoms with Crippen LogP contribution in [0.1, 0.15) is 21.6 Å². The summed E-state index contributed by atoms with van der Waals surface area (Å²) in [6.45, 7) is 2.35. The van der Waals surface area contributed by atoms with Crippen LogP contribution in [-0.2, 0) is 6.54 Å². The fraction of sp³-hybridized carbons (Fsp3) is 0.118. The molecule has 116 valence electrons. The van der Waals surface area contributed by atoms with Crippen LogP contribution in [0.25, 0.3) is 11.5 Å². The maximum absolute atomic E-state index is 12.2. The highest BCUT2D eigenvalue weighted by Gasteiger charge is 2.12. The standard InChI is InChI=1S/C17H15N3O3/c1-11-4-2-5-12(8-11)10-18-16(21)14-9-13(19-17(22)20-14)15-6-3-7-23-15/h2-9H,10H2,1H3,(H,18,21)(H,19,20,22). The molecule has 6 nitrogen and oxygen atoms in total. The fourth-order valence-corrected chi connectivity index (χ4v) is 2.23. The molecule has 0 spiro atoms. The van der Waals surface area contributed by atoms with E-state index in [0.29, 0.717) is 18.0 Å². The number of nitrogens with one attached hydrogen (secondary N) is 2. The third-order valence-electron chi connectivity index (χ3n) is 3.30. The van der Waals surface area contributed by atoms with Gasteiger partial charge in [0.1, 0.15) is 11.5 Å². The SMILES string of the molecule is Cc1cccc(CNC(=O)c2cc(-c3ccco3)[nH]c(=O)n2)c1. The van der Waals surface area contributed by atoms with E-state index in [9.17, 15) is 9.59 Å². The van der Waals surface area contributed by atoms with E-state index in [1.54, 1.807) is 12.1 Å². The van der Waals surface area contributed by atoms with Gasteiger partial charge in [0, 0.05) is 6.54 Å². The Morgan fingerprint density at radius 3 is 2.87 bits per heavy atom. The Balaban J connectivity index is 1.78.